The molecule has 0 atom stereocenters. The molecule has 0 saturated carbocycles. The number of aliphatic imine (C=N–C) groups is 1. The average Bonchev–Trinajstić information content (AvgIpc) is 2.47. The molecular formula is C11H11NO. The van der Waals surface area contributed by atoms with E-state index >= 15 is 0 Å². The van der Waals surface area contributed by atoms with Crippen molar-refractivity contribution in [2.45, 2.75) is 12.8 Å². The molecule has 1 heterocycles. The molecule has 66 valence electrons. The zero-order valence-electron chi connectivity index (χ0n) is 7.31. The van der Waals surface area contributed by atoms with Crippen molar-refractivity contribution in [3.05, 3.63) is 48.1 Å². The van der Waals surface area contributed by atoms with Crippen LogP contribution >= 0.6 is 0 Å². The topological polar surface area (TPSA) is 21.6 Å². The Kier molecular flexibility index (Phi) is 2.41. The quantitative estimate of drug-likeness (QED) is 0.597. The van der Waals surface area contributed by atoms with Crippen molar-refractivity contribution in [1.29, 1.82) is 0 Å². The van der Waals surface area contributed by atoms with E-state index in [4.69, 9.17) is 4.74 Å². The molecule has 1 aliphatic heterocycles. The summed E-state index contributed by atoms with van der Waals surface area (Å²) in [6.07, 6.45) is 15.3. The minimum atomic E-state index is 0.856. The fourth-order valence-corrected chi connectivity index (χ4v) is 1.31. The summed E-state index contributed by atoms with van der Waals surface area (Å²) in [7, 11) is 0. The zero-order valence-corrected chi connectivity index (χ0v) is 7.31. The first-order chi connectivity index (χ1) is 6.47. The van der Waals surface area contributed by atoms with E-state index in [0.29, 0.717) is 0 Å². The minimum Gasteiger partial charge on any atom is -0.463 e. The highest BCUT2D eigenvalue weighted by atomic mass is 16.5. The lowest BCUT2D eigenvalue weighted by Gasteiger charge is -2.10. The first kappa shape index (κ1) is 8.05. The van der Waals surface area contributed by atoms with Crippen molar-refractivity contribution in [3.8, 4) is 0 Å². The normalized spacial score (nSPS) is 20.3. The largest absolute Gasteiger partial charge is 0.463 e. The Bertz CT molecular complexity index is 332. The van der Waals surface area contributed by atoms with Gasteiger partial charge in [0.25, 0.3) is 0 Å². The van der Waals surface area contributed by atoms with Gasteiger partial charge in [-0.1, -0.05) is 18.2 Å². The second-order valence-electron chi connectivity index (χ2n) is 2.90. The number of rotatable bonds is 1. The Balaban J connectivity index is 2.20. The molecule has 1 aliphatic carbocycles. The van der Waals surface area contributed by atoms with Crippen molar-refractivity contribution in [2.24, 2.45) is 4.99 Å². The first-order valence-electron chi connectivity index (χ1n) is 4.38. The van der Waals surface area contributed by atoms with E-state index in [2.05, 4.69) is 23.2 Å². The number of allylic oxidation sites excluding steroid dienone is 5. The highest BCUT2D eigenvalue weighted by Crippen LogP contribution is 2.21. The molecule has 2 heteroatoms. The predicted octanol–water partition coefficient (Wildman–Crippen LogP) is 2.72. The Morgan fingerprint density at radius 1 is 1.31 bits per heavy atom. The summed E-state index contributed by atoms with van der Waals surface area (Å²) in [5, 5.41) is 0. The molecule has 2 aliphatic rings. The highest BCUT2D eigenvalue weighted by molar-refractivity contribution is 5.71. The van der Waals surface area contributed by atoms with Crippen LogP contribution in [0.15, 0.2) is 53.1 Å². The van der Waals surface area contributed by atoms with Crippen LogP contribution in [0.5, 0.6) is 0 Å². The summed E-state index contributed by atoms with van der Waals surface area (Å²) in [5.74, 6) is 0.856. The second kappa shape index (κ2) is 3.90. The van der Waals surface area contributed by atoms with Gasteiger partial charge in [-0.3, -0.25) is 4.99 Å². The molecule has 0 amide bonds. The summed E-state index contributed by atoms with van der Waals surface area (Å²) in [4.78, 5) is 4.06. The fraction of sp³-hybridized carbons (Fsp3) is 0.182. The van der Waals surface area contributed by atoms with Gasteiger partial charge in [0.15, 0.2) is 0 Å². The molecule has 0 bridgehead atoms. The van der Waals surface area contributed by atoms with Gasteiger partial charge in [-0.15, -0.1) is 0 Å². The Morgan fingerprint density at radius 2 is 2.31 bits per heavy atom. The van der Waals surface area contributed by atoms with Gasteiger partial charge < -0.3 is 4.74 Å². The van der Waals surface area contributed by atoms with Crippen LogP contribution in [0.4, 0.5) is 0 Å². The van der Waals surface area contributed by atoms with Crippen LogP contribution < -0.4 is 0 Å². The van der Waals surface area contributed by atoms with Crippen molar-refractivity contribution < 1.29 is 4.74 Å². The molecule has 0 radical (unpaired) electrons. The molecule has 0 unspecified atom stereocenters. The zero-order chi connectivity index (χ0) is 8.93. The van der Waals surface area contributed by atoms with Crippen LogP contribution in [-0.4, -0.2) is 6.21 Å². The van der Waals surface area contributed by atoms with Gasteiger partial charge >= 0.3 is 0 Å². The van der Waals surface area contributed by atoms with Gasteiger partial charge in [0.1, 0.15) is 5.76 Å². The molecule has 0 aromatic rings. The van der Waals surface area contributed by atoms with Crippen LogP contribution in [-0.2, 0) is 4.74 Å². The van der Waals surface area contributed by atoms with Crippen molar-refractivity contribution in [1.82, 2.24) is 0 Å². The molecule has 0 N–H and O–H groups in total. The van der Waals surface area contributed by atoms with Gasteiger partial charge in [0.2, 0.25) is 0 Å². The van der Waals surface area contributed by atoms with E-state index in [1.807, 2.05) is 0 Å². The van der Waals surface area contributed by atoms with Crippen LogP contribution in [0.2, 0.25) is 0 Å². The third-order valence-electron chi connectivity index (χ3n) is 1.97. The van der Waals surface area contributed by atoms with Crippen molar-refractivity contribution >= 4 is 6.21 Å². The molecule has 0 saturated heterocycles. The molecule has 0 aromatic carbocycles. The molecule has 2 rings (SSSR count). The Morgan fingerprint density at radius 3 is 3.15 bits per heavy atom. The molecule has 2 nitrogen and oxygen atoms in total. The summed E-state index contributed by atoms with van der Waals surface area (Å²) in [6, 6.07) is 0. The molecule has 13 heavy (non-hydrogen) atoms. The van der Waals surface area contributed by atoms with E-state index in [1.54, 1.807) is 24.8 Å². The third kappa shape index (κ3) is 1.96. The SMILES string of the molecule is C1=CCCC(C2=CN=CC=CO2)=C1. The maximum absolute atomic E-state index is 5.40. The standard InChI is InChI=1S/C11H11NO/c1-2-5-10(6-3-1)11-9-12-7-4-8-13-11/h1-2,4-5,7-9H,3,6H2. The number of hydrogen-bond donors (Lipinski definition) is 0. The lowest BCUT2D eigenvalue weighted by atomic mass is 10.0. The summed E-state index contributed by atoms with van der Waals surface area (Å²) in [5.41, 5.74) is 1.21. The van der Waals surface area contributed by atoms with Gasteiger partial charge in [-0.25, -0.2) is 0 Å². The predicted molar refractivity (Wildman–Crippen MR) is 53.3 cm³/mol. The number of ether oxygens (including phenoxy) is 1. The van der Waals surface area contributed by atoms with Crippen LogP contribution in [0, 0.1) is 0 Å². The van der Waals surface area contributed by atoms with Crippen LogP contribution in [0.1, 0.15) is 12.8 Å². The smallest absolute Gasteiger partial charge is 0.147 e. The molecular weight excluding hydrogens is 162 g/mol. The number of hydrogen-bond acceptors (Lipinski definition) is 2. The van der Waals surface area contributed by atoms with Gasteiger partial charge in [0.05, 0.1) is 12.5 Å². The minimum absolute atomic E-state index is 0.856. The van der Waals surface area contributed by atoms with Crippen LogP contribution in [0.25, 0.3) is 0 Å². The lowest BCUT2D eigenvalue weighted by Crippen LogP contribution is -1.93. The van der Waals surface area contributed by atoms with E-state index in [0.717, 1.165) is 18.6 Å². The fourth-order valence-electron chi connectivity index (χ4n) is 1.31. The van der Waals surface area contributed by atoms with E-state index in [1.165, 1.54) is 5.57 Å². The molecule has 0 fully saturated rings. The monoisotopic (exact) mass is 173 g/mol. The Hall–Kier alpha value is -1.57. The van der Waals surface area contributed by atoms with Crippen molar-refractivity contribution in [3.63, 3.8) is 0 Å². The van der Waals surface area contributed by atoms with Crippen LogP contribution in [0.3, 0.4) is 0 Å². The third-order valence-corrected chi connectivity index (χ3v) is 1.97. The van der Waals surface area contributed by atoms with E-state index in [-0.39, 0.29) is 0 Å². The van der Waals surface area contributed by atoms with E-state index < -0.39 is 0 Å². The molecule has 0 spiro atoms. The highest BCUT2D eigenvalue weighted by Gasteiger charge is 2.07. The Labute approximate surface area is 77.6 Å². The van der Waals surface area contributed by atoms with Gasteiger partial charge in [-0.2, -0.15) is 0 Å². The average molecular weight is 173 g/mol. The van der Waals surface area contributed by atoms with Gasteiger partial charge in [0, 0.05) is 6.21 Å². The maximum atomic E-state index is 5.40. The summed E-state index contributed by atoms with van der Waals surface area (Å²) >= 11 is 0. The lowest BCUT2D eigenvalue weighted by molar-refractivity contribution is 0.358. The molecule has 0 aromatic heterocycles. The first-order valence-corrected chi connectivity index (χ1v) is 4.38. The van der Waals surface area contributed by atoms with E-state index in [9.17, 15) is 0 Å². The second-order valence-corrected chi connectivity index (χ2v) is 2.90. The maximum Gasteiger partial charge on any atom is 0.147 e. The summed E-state index contributed by atoms with van der Waals surface area (Å²) in [6.45, 7) is 0. The van der Waals surface area contributed by atoms with Crippen molar-refractivity contribution in [2.75, 3.05) is 0 Å². The summed E-state index contributed by atoms with van der Waals surface area (Å²) < 4.78 is 5.40. The van der Waals surface area contributed by atoms with Gasteiger partial charge in [-0.05, 0) is 24.5 Å². The number of nitrogens with zero attached hydrogens (tertiary/aromatic N) is 1.